The first-order chi connectivity index (χ1) is 5.24. The number of nitrogens with two attached hydrogens (primary N) is 1. The molecule has 1 aromatic heterocycles. The fraction of sp³-hybridized carbons (Fsp3) is 0.250. The average molecular weight is 147 g/mol. The van der Waals surface area contributed by atoms with E-state index in [9.17, 15) is 0 Å². The highest BCUT2D eigenvalue weighted by molar-refractivity contribution is 5.41. The number of aromatic nitrogens is 1. The summed E-state index contributed by atoms with van der Waals surface area (Å²) < 4.78 is 0. The van der Waals surface area contributed by atoms with Crippen LogP contribution in [0.15, 0.2) is 12.1 Å². The van der Waals surface area contributed by atoms with E-state index in [1.165, 1.54) is 0 Å². The van der Waals surface area contributed by atoms with Gasteiger partial charge in [-0.15, -0.1) is 0 Å². The number of rotatable bonds is 1. The summed E-state index contributed by atoms with van der Waals surface area (Å²) in [4.78, 5) is 4.02. The van der Waals surface area contributed by atoms with Crippen LogP contribution in [0.25, 0.3) is 0 Å². The van der Waals surface area contributed by atoms with E-state index >= 15 is 0 Å². The van der Waals surface area contributed by atoms with E-state index in [-0.39, 0.29) is 0 Å². The monoisotopic (exact) mass is 147 g/mol. The Balaban J connectivity index is 3.01. The van der Waals surface area contributed by atoms with Crippen molar-refractivity contribution in [1.29, 1.82) is 5.26 Å². The number of aryl methyl sites for hydroxylation is 1. The van der Waals surface area contributed by atoms with Crippen molar-refractivity contribution in [3.8, 4) is 6.07 Å². The summed E-state index contributed by atoms with van der Waals surface area (Å²) in [5.41, 5.74) is 7.23. The van der Waals surface area contributed by atoms with Gasteiger partial charge in [0.15, 0.2) is 0 Å². The van der Waals surface area contributed by atoms with Gasteiger partial charge in [0.2, 0.25) is 0 Å². The minimum Gasteiger partial charge on any atom is -0.383 e. The molecule has 11 heavy (non-hydrogen) atoms. The van der Waals surface area contributed by atoms with Gasteiger partial charge in [-0.2, -0.15) is 5.26 Å². The number of nitrogens with zero attached hydrogens (tertiary/aromatic N) is 2. The van der Waals surface area contributed by atoms with E-state index in [0.29, 0.717) is 12.2 Å². The summed E-state index contributed by atoms with van der Waals surface area (Å²) in [6.07, 6.45) is 0.332. The van der Waals surface area contributed by atoms with Gasteiger partial charge in [-0.1, -0.05) is 6.07 Å². The molecule has 1 rings (SSSR count). The van der Waals surface area contributed by atoms with Crippen LogP contribution in [0.1, 0.15) is 11.3 Å². The zero-order valence-electron chi connectivity index (χ0n) is 6.33. The second-order valence-corrected chi connectivity index (χ2v) is 2.33. The third kappa shape index (κ3) is 1.68. The first-order valence-electron chi connectivity index (χ1n) is 3.33. The normalized spacial score (nSPS) is 9.09. The van der Waals surface area contributed by atoms with Gasteiger partial charge >= 0.3 is 0 Å². The van der Waals surface area contributed by atoms with E-state index in [4.69, 9.17) is 11.0 Å². The quantitative estimate of drug-likeness (QED) is 0.645. The molecule has 0 saturated heterocycles. The minimum absolute atomic E-state index is 0.332. The standard InChI is InChI=1S/C8H9N3/c1-6-2-3-7(4-5-9)8(10)11-6/h2-3H,4H2,1H3,(H2,10,11). The van der Waals surface area contributed by atoms with Gasteiger partial charge in [0, 0.05) is 11.3 Å². The Hall–Kier alpha value is -1.56. The molecule has 1 heterocycles. The van der Waals surface area contributed by atoms with E-state index in [1.54, 1.807) is 0 Å². The molecule has 0 bridgehead atoms. The molecule has 56 valence electrons. The number of anilines is 1. The number of nitrogen functional groups attached to an aromatic ring is 1. The molecule has 0 aromatic carbocycles. The number of hydrogen-bond donors (Lipinski definition) is 1. The molecule has 0 aliphatic heterocycles. The van der Waals surface area contributed by atoms with Crippen molar-refractivity contribution in [2.75, 3.05) is 5.73 Å². The van der Waals surface area contributed by atoms with E-state index in [2.05, 4.69) is 4.98 Å². The van der Waals surface area contributed by atoms with Crippen LogP contribution in [-0.4, -0.2) is 4.98 Å². The molecule has 0 spiro atoms. The number of hydrogen-bond acceptors (Lipinski definition) is 3. The lowest BCUT2D eigenvalue weighted by molar-refractivity contribution is 1.15. The molecular formula is C8H9N3. The number of nitriles is 1. The third-order valence-corrected chi connectivity index (χ3v) is 1.42. The van der Waals surface area contributed by atoms with Crippen molar-refractivity contribution < 1.29 is 0 Å². The Morgan fingerprint density at radius 3 is 2.91 bits per heavy atom. The fourth-order valence-corrected chi connectivity index (χ4v) is 0.840. The molecule has 1 aromatic rings. The maximum Gasteiger partial charge on any atom is 0.127 e. The second kappa shape index (κ2) is 3.02. The van der Waals surface area contributed by atoms with Gasteiger partial charge in [0.25, 0.3) is 0 Å². The van der Waals surface area contributed by atoms with Crippen LogP contribution in [0.5, 0.6) is 0 Å². The SMILES string of the molecule is Cc1ccc(CC#N)c(N)n1. The van der Waals surface area contributed by atoms with Crippen LogP contribution in [0, 0.1) is 18.3 Å². The van der Waals surface area contributed by atoms with E-state index < -0.39 is 0 Å². The van der Waals surface area contributed by atoms with Crippen LogP contribution >= 0.6 is 0 Å². The average Bonchev–Trinajstić information content (AvgIpc) is 1.95. The molecule has 0 fully saturated rings. The van der Waals surface area contributed by atoms with Crippen molar-refractivity contribution in [3.05, 3.63) is 23.4 Å². The van der Waals surface area contributed by atoms with Gasteiger partial charge in [0.1, 0.15) is 5.82 Å². The highest BCUT2D eigenvalue weighted by Gasteiger charge is 1.98. The summed E-state index contributed by atoms with van der Waals surface area (Å²) in [5, 5.41) is 8.38. The molecule has 0 saturated carbocycles. The van der Waals surface area contributed by atoms with Crippen LogP contribution in [0.4, 0.5) is 5.82 Å². The maximum atomic E-state index is 8.38. The summed E-state index contributed by atoms with van der Waals surface area (Å²) >= 11 is 0. The highest BCUT2D eigenvalue weighted by Crippen LogP contribution is 2.08. The lowest BCUT2D eigenvalue weighted by Gasteiger charge is -1.99. The lowest BCUT2D eigenvalue weighted by atomic mass is 10.2. The predicted octanol–water partition coefficient (Wildman–Crippen LogP) is 1.04. The molecule has 0 amide bonds. The van der Waals surface area contributed by atoms with E-state index in [0.717, 1.165) is 11.3 Å². The van der Waals surface area contributed by atoms with Gasteiger partial charge in [-0.25, -0.2) is 4.98 Å². The topological polar surface area (TPSA) is 62.7 Å². The van der Waals surface area contributed by atoms with Gasteiger partial charge in [0.05, 0.1) is 12.5 Å². The predicted molar refractivity (Wildman–Crippen MR) is 42.7 cm³/mol. The fourth-order valence-electron chi connectivity index (χ4n) is 0.840. The van der Waals surface area contributed by atoms with Gasteiger partial charge in [-0.3, -0.25) is 0 Å². The first kappa shape index (κ1) is 7.55. The Labute approximate surface area is 65.5 Å². The van der Waals surface area contributed by atoms with Crippen molar-refractivity contribution in [2.24, 2.45) is 0 Å². The van der Waals surface area contributed by atoms with Crippen molar-refractivity contribution in [1.82, 2.24) is 4.98 Å². The van der Waals surface area contributed by atoms with Crippen molar-refractivity contribution in [2.45, 2.75) is 13.3 Å². The largest absolute Gasteiger partial charge is 0.383 e. The van der Waals surface area contributed by atoms with Crippen LogP contribution in [-0.2, 0) is 6.42 Å². The molecule has 2 N–H and O–H groups in total. The minimum atomic E-state index is 0.332. The summed E-state index contributed by atoms with van der Waals surface area (Å²) in [6, 6.07) is 5.71. The molecule has 0 radical (unpaired) electrons. The maximum absolute atomic E-state index is 8.38. The smallest absolute Gasteiger partial charge is 0.127 e. The first-order valence-corrected chi connectivity index (χ1v) is 3.33. The van der Waals surface area contributed by atoms with Crippen LogP contribution < -0.4 is 5.73 Å². The zero-order chi connectivity index (χ0) is 8.27. The summed E-state index contributed by atoms with van der Waals surface area (Å²) in [7, 11) is 0. The molecule has 3 nitrogen and oxygen atoms in total. The second-order valence-electron chi connectivity index (χ2n) is 2.33. The summed E-state index contributed by atoms with van der Waals surface area (Å²) in [5.74, 6) is 0.464. The zero-order valence-corrected chi connectivity index (χ0v) is 6.33. The molecule has 0 aliphatic carbocycles. The highest BCUT2D eigenvalue weighted by atomic mass is 14.8. The van der Waals surface area contributed by atoms with Gasteiger partial charge < -0.3 is 5.73 Å². The Morgan fingerprint density at radius 1 is 1.64 bits per heavy atom. The summed E-state index contributed by atoms with van der Waals surface area (Å²) in [6.45, 7) is 1.87. The van der Waals surface area contributed by atoms with Crippen molar-refractivity contribution >= 4 is 5.82 Å². The third-order valence-electron chi connectivity index (χ3n) is 1.42. The Bertz CT molecular complexity index is 299. The Kier molecular flexibility index (Phi) is 2.07. The van der Waals surface area contributed by atoms with Crippen LogP contribution in [0.2, 0.25) is 0 Å². The number of pyridine rings is 1. The van der Waals surface area contributed by atoms with Gasteiger partial charge in [-0.05, 0) is 13.0 Å². The molecule has 0 aliphatic rings. The lowest BCUT2D eigenvalue weighted by Crippen LogP contribution is -1.97. The molecule has 0 unspecified atom stereocenters. The van der Waals surface area contributed by atoms with Crippen LogP contribution in [0.3, 0.4) is 0 Å². The molecule has 0 atom stereocenters. The Morgan fingerprint density at radius 2 is 2.36 bits per heavy atom. The molecular weight excluding hydrogens is 138 g/mol. The molecule has 3 heteroatoms. The van der Waals surface area contributed by atoms with Crippen molar-refractivity contribution in [3.63, 3.8) is 0 Å². The van der Waals surface area contributed by atoms with E-state index in [1.807, 2.05) is 25.1 Å².